The Morgan fingerprint density at radius 1 is 0.818 bits per heavy atom. The third-order valence-electron chi connectivity index (χ3n) is 5.24. The van der Waals surface area contributed by atoms with E-state index < -0.39 is 17.6 Å². The van der Waals surface area contributed by atoms with Crippen molar-refractivity contribution in [3.63, 3.8) is 0 Å². The summed E-state index contributed by atoms with van der Waals surface area (Å²) in [6.45, 7) is 1.96. The molecule has 0 bridgehead atoms. The van der Waals surface area contributed by atoms with Crippen LogP contribution in [0.3, 0.4) is 0 Å². The lowest BCUT2D eigenvalue weighted by Gasteiger charge is -2.09. The van der Waals surface area contributed by atoms with Gasteiger partial charge in [-0.25, -0.2) is 8.78 Å². The summed E-state index contributed by atoms with van der Waals surface area (Å²) in [6.07, 6.45) is -0.149. The van der Waals surface area contributed by atoms with Crippen molar-refractivity contribution >= 4 is 5.97 Å². The number of aryl methyl sites for hydroxylation is 1. The van der Waals surface area contributed by atoms with Gasteiger partial charge in [-0.15, -0.1) is 0 Å². The van der Waals surface area contributed by atoms with Gasteiger partial charge in [0.2, 0.25) is 0 Å². The first-order valence-corrected chi connectivity index (χ1v) is 10.3. The van der Waals surface area contributed by atoms with Gasteiger partial charge >= 0.3 is 5.97 Å². The zero-order chi connectivity index (χ0) is 23.4. The van der Waals surface area contributed by atoms with Crippen LogP contribution in [0, 0.1) is 29.9 Å². The van der Waals surface area contributed by atoms with Crippen molar-refractivity contribution in [1.29, 1.82) is 5.26 Å². The molecular formula is C28H19F2NO2. The van der Waals surface area contributed by atoms with E-state index in [9.17, 15) is 13.6 Å². The minimum Gasteiger partial charge on any atom is -0.426 e. The quantitative estimate of drug-likeness (QED) is 0.259. The summed E-state index contributed by atoms with van der Waals surface area (Å²) < 4.78 is 34.4. The highest BCUT2D eigenvalue weighted by Gasteiger charge is 2.13. The Morgan fingerprint density at radius 3 is 1.97 bits per heavy atom. The average Bonchev–Trinajstić information content (AvgIpc) is 2.80. The van der Waals surface area contributed by atoms with Crippen molar-refractivity contribution in [2.24, 2.45) is 0 Å². The molecule has 4 aromatic carbocycles. The SMILES string of the molecule is Cc1ccc(-c2ccc(CC(=O)Oc3ccc(-c4ccc(C#N)cc4)c(F)c3)cc2F)cc1. The maximum absolute atomic E-state index is 14.6. The zero-order valence-electron chi connectivity index (χ0n) is 17.8. The van der Waals surface area contributed by atoms with Crippen molar-refractivity contribution in [2.75, 3.05) is 0 Å². The van der Waals surface area contributed by atoms with Gasteiger partial charge in [-0.05, 0) is 53.9 Å². The second-order valence-electron chi connectivity index (χ2n) is 7.66. The van der Waals surface area contributed by atoms with Gasteiger partial charge in [0, 0.05) is 17.2 Å². The molecule has 33 heavy (non-hydrogen) atoms. The predicted octanol–water partition coefficient (Wildman–Crippen LogP) is 6.63. The molecule has 0 aliphatic carbocycles. The summed E-state index contributed by atoms with van der Waals surface area (Å²) in [4.78, 5) is 12.3. The van der Waals surface area contributed by atoms with Gasteiger partial charge in [0.15, 0.2) is 0 Å². The number of hydrogen-bond acceptors (Lipinski definition) is 3. The third-order valence-corrected chi connectivity index (χ3v) is 5.24. The molecule has 0 saturated heterocycles. The molecule has 0 N–H and O–H groups in total. The van der Waals surface area contributed by atoms with Gasteiger partial charge in [0.05, 0.1) is 18.1 Å². The van der Waals surface area contributed by atoms with E-state index in [4.69, 9.17) is 10.00 Å². The standard InChI is InChI=1S/C28H19F2NO2/c1-18-2-7-21(8-3-18)24-12-6-20(14-26(24)29)15-28(32)33-23-11-13-25(27(30)16-23)22-9-4-19(17-31)5-10-22/h2-14,16H,15H2,1H3. The van der Waals surface area contributed by atoms with Crippen molar-refractivity contribution < 1.29 is 18.3 Å². The Bertz CT molecular complexity index is 1350. The molecule has 0 fully saturated rings. The highest BCUT2D eigenvalue weighted by atomic mass is 19.1. The Kier molecular flexibility index (Phi) is 6.28. The van der Waals surface area contributed by atoms with Gasteiger partial charge in [-0.2, -0.15) is 5.26 Å². The number of nitrogens with zero attached hydrogens (tertiary/aromatic N) is 1. The van der Waals surface area contributed by atoms with Crippen molar-refractivity contribution in [2.45, 2.75) is 13.3 Å². The number of benzene rings is 4. The predicted molar refractivity (Wildman–Crippen MR) is 122 cm³/mol. The first-order valence-electron chi connectivity index (χ1n) is 10.3. The molecule has 162 valence electrons. The van der Waals surface area contributed by atoms with Crippen molar-refractivity contribution in [3.8, 4) is 34.1 Å². The van der Waals surface area contributed by atoms with E-state index in [1.54, 1.807) is 36.4 Å². The summed E-state index contributed by atoms with van der Waals surface area (Å²) in [6, 6.07) is 24.8. The summed E-state index contributed by atoms with van der Waals surface area (Å²) in [5.74, 6) is -1.55. The number of esters is 1. The van der Waals surface area contributed by atoms with Crippen LogP contribution in [0.15, 0.2) is 84.9 Å². The highest BCUT2D eigenvalue weighted by Crippen LogP contribution is 2.27. The highest BCUT2D eigenvalue weighted by molar-refractivity contribution is 5.76. The number of ether oxygens (including phenoxy) is 1. The van der Waals surface area contributed by atoms with Gasteiger partial charge in [0.1, 0.15) is 17.4 Å². The van der Waals surface area contributed by atoms with Crippen LogP contribution in [0.25, 0.3) is 22.3 Å². The molecule has 5 heteroatoms. The van der Waals surface area contributed by atoms with E-state index in [1.807, 2.05) is 37.3 Å². The number of rotatable bonds is 5. The van der Waals surface area contributed by atoms with E-state index in [1.165, 1.54) is 18.2 Å². The number of hydrogen-bond donors (Lipinski definition) is 0. The van der Waals surface area contributed by atoms with Crippen LogP contribution in [0.4, 0.5) is 8.78 Å². The summed E-state index contributed by atoms with van der Waals surface area (Å²) >= 11 is 0. The Morgan fingerprint density at radius 2 is 1.39 bits per heavy atom. The molecule has 4 aromatic rings. The Balaban J connectivity index is 1.44. The Labute approximate surface area is 190 Å². The van der Waals surface area contributed by atoms with Crippen LogP contribution in [0.1, 0.15) is 16.7 Å². The van der Waals surface area contributed by atoms with Gasteiger partial charge in [-0.1, -0.05) is 54.1 Å². The summed E-state index contributed by atoms with van der Waals surface area (Å²) in [5.41, 5.74) is 4.16. The first kappa shape index (κ1) is 21.9. The fourth-order valence-corrected chi connectivity index (χ4v) is 3.49. The van der Waals surface area contributed by atoms with E-state index in [0.29, 0.717) is 27.8 Å². The molecule has 0 radical (unpaired) electrons. The lowest BCUT2D eigenvalue weighted by Crippen LogP contribution is -2.11. The van der Waals surface area contributed by atoms with Crippen LogP contribution in [0.2, 0.25) is 0 Å². The van der Waals surface area contributed by atoms with Crippen LogP contribution < -0.4 is 4.74 Å². The molecule has 3 nitrogen and oxygen atoms in total. The number of nitriles is 1. The van der Waals surface area contributed by atoms with Gasteiger partial charge < -0.3 is 4.74 Å². The summed E-state index contributed by atoms with van der Waals surface area (Å²) in [5, 5.41) is 8.88. The minimum atomic E-state index is -0.622. The van der Waals surface area contributed by atoms with Crippen molar-refractivity contribution in [3.05, 3.63) is 113 Å². The van der Waals surface area contributed by atoms with Crippen LogP contribution in [0.5, 0.6) is 5.75 Å². The molecule has 0 atom stereocenters. The summed E-state index contributed by atoms with van der Waals surface area (Å²) in [7, 11) is 0. The monoisotopic (exact) mass is 439 g/mol. The van der Waals surface area contributed by atoms with Crippen LogP contribution in [-0.2, 0) is 11.2 Å². The normalized spacial score (nSPS) is 10.5. The fourth-order valence-electron chi connectivity index (χ4n) is 3.49. The molecule has 0 spiro atoms. The van der Waals surface area contributed by atoms with Gasteiger partial charge in [0.25, 0.3) is 0 Å². The van der Waals surface area contributed by atoms with Crippen molar-refractivity contribution in [1.82, 2.24) is 0 Å². The lowest BCUT2D eigenvalue weighted by molar-refractivity contribution is -0.133. The van der Waals surface area contributed by atoms with E-state index in [2.05, 4.69) is 0 Å². The van der Waals surface area contributed by atoms with E-state index in [0.717, 1.165) is 17.2 Å². The molecule has 0 amide bonds. The number of carbonyl (C=O) groups is 1. The first-order chi connectivity index (χ1) is 15.9. The molecule has 0 saturated carbocycles. The number of carbonyl (C=O) groups excluding carboxylic acids is 1. The largest absolute Gasteiger partial charge is 0.426 e. The molecule has 4 rings (SSSR count). The molecule has 0 aliphatic rings. The molecule has 0 unspecified atom stereocenters. The maximum atomic E-state index is 14.6. The zero-order valence-corrected chi connectivity index (χ0v) is 17.8. The van der Waals surface area contributed by atoms with Crippen LogP contribution >= 0.6 is 0 Å². The third kappa shape index (κ3) is 5.13. The molecule has 0 aliphatic heterocycles. The molecule has 0 heterocycles. The fraction of sp³-hybridized carbons (Fsp3) is 0.0714. The molecular weight excluding hydrogens is 420 g/mol. The minimum absolute atomic E-state index is 0.0617. The van der Waals surface area contributed by atoms with E-state index in [-0.39, 0.29) is 12.2 Å². The van der Waals surface area contributed by atoms with E-state index >= 15 is 0 Å². The topological polar surface area (TPSA) is 50.1 Å². The number of halogens is 2. The second-order valence-corrected chi connectivity index (χ2v) is 7.66. The molecule has 0 aromatic heterocycles. The van der Waals surface area contributed by atoms with Gasteiger partial charge in [-0.3, -0.25) is 4.79 Å². The van der Waals surface area contributed by atoms with Crippen LogP contribution in [-0.4, -0.2) is 5.97 Å². The second kappa shape index (κ2) is 9.46. The Hall–Kier alpha value is -4.30. The lowest BCUT2D eigenvalue weighted by atomic mass is 10.0. The maximum Gasteiger partial charge on any atom is 0.315 e. The average molecular weight is 439 g/mol. The smallest absolute Gasteiger partial charge is 0.315 e.